The normalized spacial score (nSPS) is 12.4. The fourth-order valence-electron chi connectivity index (χ4n) is 3.27. The number of benzene rings is 2. The van der Waals surface area contributed by atoms with Gasteiger partial charge in [-0.1, -0.05) is 42.1 Å². The van der Waals surface area contributed by atoms with E-state index < -0.39 is 0 Å². The summed E-state index contributed by atoms with van der Waals surface area (Å²) in [7, 11) is 0. The summed E-state index contributed by atoms with van der Waals surface area (Å²) in [6.45, 7) is 0.716. The van der Waals surface area contributed by atoms with Crippen LogP contribution in [-0.2, 0) is 12.8 Å². The Morgan fingerprint density at radius 3 is 3.00 bits per heavy atom. The minimum atomic E-state index is -0.316. The first-order chi connectivity index (χ1) is 15.2. The molecule has 2 aromatic carbocycles. The molecule has 3 heterocycles. The molecule has 0 atom stereocenters. The third-order valence-electron chi connectivity index (χ3n) is 4.83. The highest BCUT2D eigenvalue weighted by Gasteiger charge is 2.17. The molecule has 1 aliphatic rings. The van der Waals surface area contributed by atoms with Crippen LogP contribution in [0.1, 0.15) is 21.6 Å². The molecular formula is C22H19N5O2S2. The number of anilines is 1. The van der Waals surface area contributed by atoms with Crippen LogP contribution in [0.15, 0.2) is 59.1 Å². The Morgan fingerprint density at radius 1 is 1.19 bits per heavy atom. The minimum Gasteiger partial charge on any atom is -0.493 e. The molecule has 0 spiro atoms. The Hall–Kier alpha value is -3.17. The number of rotatable bonds is 7. The number of nitrogens with one attached hydrogen (secondary N) is 2. The number of aromatic nitrogens is 4. The number of carbonyl (C=O) groups excluding carboxylic acids is 1. The standard InChI is InChI=1S/C22H19N5O2S2/c28-19(17-13-31-20(23-17)16-6-7-18-15(12-16)8-10-29-18)24-21-25-22(27-26-21)30-11-9-14-4-2-1-3-5-14/h1-7,12-13H,8-11H2,(H2,24,25,26,27,28). The van der Waals surface area contributed by atoms with Gasteiger partial charge in [-0.2, -0.15) is 4.98 Å². The van der Waals surface area contributed by atoms with Crippen molar-refractivity contribution in [3.8, 4) is 16.3 Å². The molecule has 0 saturated heterocycles. The van der Waals surface area contributed by atoms with Gasteiger partial charge in [-0.25, -0.2) is 10.1 Å². The topological polar surface area (TPSA) is 92.8 Å². The van der Waals surface area contributed by atoms with E-state index in [1.54, 1.807) is 17.1 Å². The summed E-state index contributed by atoms with van der Waals surface area (Å²) in [4.78, 5) is 21.4. The van der Waals surface area contributed by atoms with Crippen molar-refractivity contribution in [1.29, 1.82) is 0 Å². The van der Waals surface area contributed by atoms with Gasteiger partial charge in [0.1, 0.15) is 16.5 Å². The van der Waals surface area contributed by atoms with Gasteiger partial charge in [0.15, 0.2) is 0 Å². The number of hydrogen-bond donors (Lipinski definition) is 2. The fraction of sp³-hybridized carbons (Fsp3) is 0.182. The summed E-state index contributed by atoms with van der Waals surface area (Å²) < 4.78 is 5.55. The second-order valence-electron chi connectivity index (χ2n) is 6.96. The fourth-order valence-corrected chi connectivity index (χ4v) is 4.86. The van der Waals surface area contributed by atoms with Crippen molar-refractivity contribution >= 4 is 35.0 Å². The summed E-state index contributed by atoms with van der Waals surface area (Å²) in [5.74, 6) is 1.79. The van der Waals surface area contributed by atoms with Crippen LogP contribution in [0.5, 0.6) is 5.75 Å². The number of hydrogen-bond acceptors (Lipinski definition) is 7. The molecule has 1 amide bonds. The lowest BCUT2D eigenvalue weighted by atomic mass is 10.1. The number of carbonyl (C=O) groups is 1. The van der Waals surface area contributed by atoms with E-state index in [-0.39, 0.29) is 5.91 Å². The average Bonchev–Trinajstić information content (AvgIpc) is 3.55. The number of amides is 1. The van der Waals surface area contributed by atoms with Gasteiger partial charge < -0.3 is 4.74 Å². The van der Waals surface area contributed by atoms with Gasteiger partial charge in [0.05, 0.1) is 6.61 Å². The number of fused-ring (bicyclic) bond motifs is 1. The molecule has 2 N–H and O–H groups in total. The molecule has 0 aliphatic carbocycles. The minimum absolute atomic E-state index is 0.316. The van der Waals surface area contributed by atoms with E-state index >= 15 is 0 Å². The Labute approximate surface area is 187 Å². The smallest absolute Gasteiger partial charge is 0.277 e. The molecule has 0 saturated carbocycles. The summed E-state index contributed by atoms with van der Waals surface area (Å²) in [5.41, 5.74) is 3.79. The largest absolute Gasteiger partial charge is 0.493 e. The molecule has 4 aromatic rings. The number of ether oxygens (including phenoxy) is 1. The van der Waals surface area contributed by atoms with Gasteiger partial charge in [-0.15, -0.1) is 16.4 Å². The Balaban J connectivity index is 1.18. The van der Waals surface area contributed by atoms with Crippen LogP contribution < -0.4 is 10.1 Å². The molecule has 7 nitrogen and oxygen atoms in total. The molecule has 2 aromatic heterocycles. The second kappa shape index (κ2) is 8.91. The highest BCUT2D eigenvalue weighted by Crippen LogP contribution is 2.32. The summed E-state index contributed by atoms with van der Waals surface area (Å²) in [5, 5.41) is 12.8. The molecule has 1 aliphatic heterocycles. The molecule has 5 rings (SSSR count). The van der Waals surface area contributed by atoms with E-state index in [9.17, 15) is 4.79 Å². The first-order valence-electron chi connectivity index (χ1n) is 9.87. The van der Waals surface area contributed by atoms with E-state index in [0.29, 0.717) is 23.4 Å². The van der Waals surface area contributed by atoms with Gasteiger partial charge in [0.2, 0.25) is 11.1 Å². The molecule has 0 unspecified atom stereocenters. The van der Waals surface area contributed by atoms with E-state index in [0.717, 1.165) is 34.9 Å². The van der Waals surface area contributed by atoms with Gasteiger partial charge in [0, 0.05) is 23.1 Å². The van der Waals surface area contributed by atoms with Crippen LogP contribution >= 0.6 is 23.1 Å². The first kappa shape index (κ1) is 19.8. The molecule has 156 valence electrons. The lowest BCUT2D eigenvalue weighted by Gasteiger charge is -2.01. The van der Waals surface area contributed by atoms with Gasteiger partial charge in [-0.05, 0) is 35.7 Å². The number of thiazole rings is 1. The number of aryl methyl sites for hydroxylation is 1. The van der Waals surface area contributed by atoms with Gasteiger partial charge in [-0.3, -0.25) is 10.1 Å². The monoisotopic (exact) mass is 449 g/mol. The number of H-pyrrole nitrogens is 1. The number of aromatic amines is 1. The Kier molecular flexibility index (Phi) is 5.68. The van der Waals surface area contributed by atoms with Crippen LogP contribution in [0.25, 0.3) is 10.6 Å². The zero-order valence-corrected chi connectivity index (χ0v) is 18.1. The lowest BCUT2D eigenvalue weighted by Crippen LogP contribution is -2.13. The van der Waals surface area contributed by atoms with Crippen molar-refractivity contribution in [1.82, 2.24) is 20.2 Å². The predicted molar refractivity (Wildman–Crippen MR) is 122 cm³/mol. The summed E-state index contributed by atoms with van der Waals surface area (Å²) >= 11 is 2.98. The van der Waals surface area contributed by atoms with Crippen LogP contribution in [0.4, 0.5) is 5.95 Å². The van der Waals surface area contributed by atoms with Crippen molar-refractivity contribution in [2.75, 3.05) is 17.7 Å². The van der Waals surface area contributed by atoms with E-state index in [1.807, 2.05) is 30.3 Å². The van der Waals surface area contributed by atoms with Gasteiger partial charge >= 0.3 is 0 Å². The molecule has 0 radical (unpaired) electrons. The third-order valence-corrected chi connectivity index (χ3v) is 6.58. The molecule has 0 fully saturated rings. The quantitative estimate of drug-likeness (QED) is 0.405. The van der Waals surface area contributed by atoms with E-state index in [2.05, 4.69) is 43.7 Å². The van der Waals surface area contributed by atoms with Crippen LogP contribution in [0.2, 0.25) is 0 Å². The maximum Gasteiger partial charge on any atom is 0.277 e. The highest BCUT2D eigenvalue weighted by atomic mass is 32.2. The Morgan fingerprint density at radius 2 is 2.10 bits per heavy atom. The molecule has 0 bridgehead atoms. The highest BCUT2D eigenvalue weighted by molar-refractivity contribution is 7.99. The van der Waals surface area contributed by atoms with Crippen molar-refractivity contribution in [3.63, 3.8) is 0 Å². The van der Waals surface area contributed by atoms with Crippen molar-refractivity contribution in [3.05, 3.63) is 70.7 Å². The molecule has 9 heteroatoms. The van der Waals surface area contributed by atoms with Crippen molar-refractivity contribution in [2.24, 2.45) is 0 Å². The zero-order chi connectivity index (χ0) is 21.0. The predicted octanol–water partition coefficient (Wildman–Crippen LogP) is 4.45. The number of nitrogens with zero attached hydrogens (tertiary/aromatic N) is 3. The van der Waals surface area contributed by atoms with E-state index in [1.165, 1.54) is 22.5 Å². The van der Waals surface area contributed by atoms with Crippen LogP contribution in [0.3, 0.4) is 0 Å². The van der Waals surface area contributed by atoms with Crippen LogP contribution in [-0.4, -0.2) is 38.4 Å². The summed E-state index contributed by atoms with van der Waals surface area (Å²) in [6.07, 6.45) is 1.83. The van der Waals surface area contributed by atoms with Crippen molar-refractivity contribution < 1.29 is 9.53 Å². The Bertz CT molecular complexity index is 1210. The molecular weight excluding hydrogens is 430 g/mol. The summed E-state index contributed by atoms with van der Waals surface area (Å²) in [6, 6.07) is 16.3. The average molecular weight is 450 g/mol. The van der Waals surface area contributed by atoms with Crippen molar-refractivity contribution in [2.45, 2.75) is 18.0 Å². The third kappa shape index (κ3) is 4.62. The maximum absolute atomic E-state index is 12.6. The van der Waals surface area contributed by atoms with Gasteiger partial charge in [0.25, 0.3) is 5.91 Å². The zero-order valence-electron chi connectivity index (χ0n) is 16.5. The second-order valence-corrected chi connectivity index (χ2v) is 8.88. The first-order valence-corrected chi connectivity index (χ1v) is 11.7. The van der Waals surface area contributed by atoms with Crippen LogP contribution in [0, 0.1) is 0 Å². The van der Waals surface area contributed by atoms with E-state index in [4.69, 9.17) is 4.74 Å². The molecule has 31 heavy (non-hydrogen) atoms. The lowest BCUT2D eigenvalue weighted by molar-refractivity contribution is 0.102. The number of thioether (sulfide) groups is 1. The SMILES string of the molecule is O=C(Nc1nc(SCCc2ccccc2)n[nH]1)c1csc(-c2ccc3c(c2)CCO3)n1. The maximum atomic E-state index is 12.6.